The zero-order chi connectivity index (χ0) is 22.1. The summed E-state index contributed by atoms with van der Waals surface area (Å²) in [4.78, 5) is 17.8. The van der Waals surface area contributed by atoms with Crippen LogP contribution >= 0.6 is 0 Å². The van der Waals surface area contributed by atoms with Gasteiger partial charge in [-0.15, -0.1) is 0 Å². The van der Waals surface area contributed by atoms with Gasteiger partial charge >= 0.3 is 0 Å². The molecule has 5 rings (SSSR count). The van der Waals surface area contributed by atoms with Crippen LogP contribution in [0.15, 0.2) is 41.4 Å². The molecule has 4 aromatic rings. The predicted octanol–water partition coefficient (Wildman–Crippen LogP) is 4.30. The van der Waals surface area contributed by atoms with Crippen molar-refractivity contribution in [3.8, 4) is 17.6 Å². The van der Waals surface area contributed by atoms with Crippen molar-refractivity contribution in [2.45, 2.75) is 57.5 Å². The Balaban J connectivity index is 1.32. The van der Waals surface area contributed by atoms with E-state index in [0.29, 0.717) is 22.6 Å². The number of aromatic nitrogens is 6. The van der Waals surface area contributed by atoms with E-state index >= 15 is 0 Å². The second kappa shape index (κ2) is 8.38. The van der Waals surface area contributed by atoms with E-state index in [0.717, 1.165) is 43.1 Å². The minimum absolute atomic E-state index is 0.0355. The third-order valence-corrected chi connectivity index (χ3v) is 5.86. The van der Waals surface area contributed by atoms with Crippen LogP contribution in [0.4, 0.5) is 0 Å². The minimum Gasteiger partial charge on any atom is -0.473 e. The van der Waals surface area contributed by atoms with Gasteiger partial charge in [0.1, 0.15) is 24.8 Å². The highest BCUT2D eigenvalue weighted by Crippen LogP contribution is 2.35. The van der Waals surface area contributed by atoms with Crippen LogP contribution < -0.4 is 4.74 Å². The van der Waals surface area contributed by atoms with Crippen LogP contribution in [0.3, 0.4) is 0 Å². The first-order chi connectivity index (χ1) is 15.6. The van der Waals surface area contributed by atoms with Gasteiger partial charge in [0.05, 0.1) is 11.3 Å². The summed E-state index contributed by atoms with van der Waals surface area (Å²) in [6.07, 6.45) is 6.74. The maximum absolute atomic E-state index is 9.44. The van der Waals surface area contributed by atoms with Crippen molar-refractivity contribution in [3.05, 3.63) is 54.2 Å². The number of para-hydroxylation sites is 1. The third-order valence-electron chi connectivity index (χ3n) is 5.86. The molecule has 0 radical (unpaired) electrons. The lowest BCUT2D eigenvalue weighted by molar-refractivity contribution is 0.135. The molecule has 1 fully saturated rings. The molecule has 3 aromatic heterocycles. The van der Waals surface area contributed by atoms with Crippen molar-refractivity contribution in [3.63, 3.8) is 0 Å². The van der Waals surface area contributed by atoms with Crippen LogP contribution in [0.5, 0.6) is 5.88 Å². The van der Waals surface area contributed by atoms with Crippen molar-refractivity contribution >= 4 is 11.2 Å². The van der Waals surface area contributed by atoms with Gasteiger partial charge in [0.25, 0.3) is 0 Å². The molecular formula is C23H23N7O2. The van der Waals surface area contributed by atoms with Gasteiger partial charge in [0.15, 0.2) is 17.0 Å². The van der Waals surface area contributed by atoms with Crippen LogP contribution in [0.25, 0.3) is 16.9 Å². The Labute approximate surface area is 185 Å². The number of benzene rings is 1. The van der Waals surface area contributed by atoms with Crippen molar-refractivity contribution in [2.75, 3.05) is 0 Å². The number of hydrogen-bond acceptors (Lipinski definition) is 8. The van der Waals surface area contributed by atoms with Gasteiger partial charge in [-0.25, -0.2) is 9.97 Å². The Morgan fingerprint density at radius 2 is 1.94 bits per heavy atom. The quantitative estimate of drug-likeness (QED) is 0.461. The molecule has 0 N–H and O–H groups in total. The molecule has 9 nitrogen and oxygen atoms in total. The van der Waals surface area contributed by atoms with E-state index < -0.39 is 0 Å². The van der Waals surface area contributed by atoms with Gasteiger partial charge in [0, 0.05) is 11.8 Å². The van der Waals surface area contributed by atoms with Crippen molar-refractivity contribution in [1.82, 2.24) is 29.7 Å². The van der Waals surface area contributed by atoms with Gasteiger partial charge in [-0.3, -0.25) is 4.57 Å². The summed E-state index contributed by atoms with van der Waals surface area (Å²) >= 11 is 0. The molecule has 1 aliphatic carbocycles. The lowest BCUT2D eigenvalue weighted by Crippen LogP contribution is -2.24. The highest BCUT2D eigenvalue weighted by Gasteiger charge is 2.29. The molecular weight excluding hydrogens is 406 g/mol. The van der Waals surface area contributed by atoms with E-state index in [-0.39, 0.29) is 17.9 Å². The lowest BCUT2D eigenvalue weighted by Gasteiger charge is -2.26. The number of rotatable bonds is 5. The fourth-order valence-electron chi connectivity index (χ4n) is 4.09. The molecule has 0 aliphatic heterocycles. The van der Waals surface area contributed by atoms with Gasteiger partial charge < -0.3 is 9.26 Å². The van der Waals surface area contributed by atoms with Gasteiger partial charge in [-0.2, -0.15) is 15.2 Å². The second-order valence-corrected chi connectivity index (χ2v) is 8.33. The summed E-state index contributed by atoms with van der Waals surface area (Å²) in [5, 5.41) is 13.5. The molecule has 0 unspecified atom stereocenters. The predicted molar refractivity (Wildman–Crippen MR) is 115 cm³/mol. The third kappa shape index (κ3) is 3.68. The summed E-state index contributed by atoms with van der Waals surface area (Å²) in [6, 6.07) is 9.56. The first kappa shape index (κ1) is 20.1. The molecule has 0 atom stereocenters. The van der Waals surface area contributed by atoms with E-state index in [9.17, 15) is 5.26 Å². The molecule has 0 amide bonds. The normalized spacial score (nSPS) is 18.7. The topological polar surface area (TPSA) is 116 Å². The monoisotopic (exact) mass is 429 g/mol. The standard InChI is InChI=1S/C23H23N7O2/c1-14(2)20-28-22(32-29-20)15-7-9-17(10-8-15)31-23-19-21(25-12-26-23)30(13-27-19)18-6-4-3-5-16(18)11-24/h3-6,12-15,17H,7-10H2,1-2H3. The van der Waals surface area contributed by atoms with E-state index in [1.54, 1.807) is 17.0 Å². The Hall–Kier alpha value is -3.80. The molecule has 0 spiro atoms. The van der Waals surface area contributed by atoms with E-state index in [2.05, 4.69) is 45.0 Å². The number of hydrogen-bond donors (Lipinski definition) is 0. The van der Waals surface area contributed by atoms with E-state index in [1.807, 2.05) is 18.2 Å². The Morgan fingerprint density at radius 3 is 2.69 bits per heavy atom. The molecule has 1 aliphatic rings. The largest absolute Gasteiger partial charge is 0.473 e. The Kier molecular flexibility index (Phi) is 5.27. The number of fused-ring (bicyclic) bond motifs is 1. The lowest BCUT2D eigenvalue weighted by atomic mass is 9.87. The first-order valence-corrected chi connectivity index (χ1v) is 10.8. The minimum atomic E-state index is 0.0355. The van der Waals surface area contributed by atoms with Crippen LogP contribution in [0.1, 0.15) is 68.6 Å². The fourth-order valence-corrected chi connectivity index (χ4v) is 4.09. The summed E-state index contributed by atoms with van der Waals surface area (Å²) in [5.74, 6) is 2.47. The average Bonchev–Trinajstić information content (AvgIpc) is 3.48. The van der Waals surface area contributed by atoms with Crippen molar-refractivity contribution in [1.29, 1.82) is 5.26 Å². The number of imidazole rings is 1. The van der Waals surface area contributed by atoms with E-state index in [4.69, 9.17) is 9.26 Å². The van der Waals surface area contributed by atoms with Gasteiger partial charge in [-0.05, 0) is 37.8 Å². The second-order valence-electron chi connectivity index (χ2n) is 8.33. The molecule has 0 bridgehead atoms. The molecule has 3 heterocycles. The smallest absolute Gasteiger partial charge is 0.245 e. The highest BCUT2D eigenvalue weighted by atomic mass is 16.5. The maximum Gasteiger partial charge on any atom is 0.245 e. The zero-order valence-corrected chi connectivity index (χ0v) is 18.0. The molecule has 0 saturated heterocycles. The number of ether oxygens (including phenoxy) is 1. The Bertz CT molecular complexity index is 1280. The summed E-state index contributed by atoms with van der Waals surface area (Å²) in [7, 11) is 0. The van der Waals surface area contributed by atoms with Crippen molar-refractivity contribution in [2.24, 2.45) is 0 Å². The molecule has 1 saturated carbocycles. The average molecular weight is 429 g/mol. The van der Waals surface area contributed by atoms with Crippen LogP contribution in [-0.2, 0) is 0 Å². The first-order valence-electron chi connectivity index (χ1n) is 10.8. The van der Waals surface area contributed by atoms with Gasteiger partial charge in [-0.1, -0.05) is 31.1 Å². The van der Waals surface area contributed by atoms with Crippen molar-refractivity contribution < 1.29 is 9.26 Å². The Morgan fingerprint density at radius 1 is 1.12 bits per heavy atom. The number of nitrogens with zero attached hydrogens (tertiary/aromatic N) is 7. The van der Waals surface area contributed by atoms with Crippen LogP contribution in [0, 0.1) is 11.3 Å². The highest BCUT2D eigenvalue weighted by molar-refractivity contribution is 5.78. The zero-order valence-electron chi connectivity index (χ0n) is 18.0. The molecule has 9 heteroatoms. The summed E-state index contributed by atoms with van der Waals surface area (Å²) in [5.41, 5.74) is 2.47. The number of nitriles is 1. The molecule has 162 valence electrons. The maximum atomic E-state index is 9.44. The molecule has 32 heavy (non-hydrogen) atoms. The summed E-state index contributed by atoms with van der Waals surface area (Å²) < 4.78 is 13.5. The van der Waals surface area contributed by atoms with Gasteiger partial charge in [0.2, 0.25) is 11.8 Å². The van der Waals surface area contributed by atoms with E-state index in [1.165, 1.54) is 6.33 Å². The SMILES string of the molecule is CC(C)c1noc(C2CCC(Oc3ncnc4c3ncn4-c3ccccc3C#N)CC2)n1. The summed E-state index contributed by atoms with van der Waals surface area (Å²) in [6.45, 7) is 4.12. The fraction of sp³-hybridized carbons (Fsp3) is 0.391. The van der Waals surface area contributed by atoms with Crippen LogP contribution in [0.2, 0.25) is 0 Å². The van der Waals surface area contributed by atoms with Crippen LogP contribution in [-0.4, -0.2) is 35.8 Å². The molecule has 1 aromatic carbocycles.